The van der Waals surface area contributed by atoms with Crippen LogP contribution in [0.25, 0.3) is 0 Å². The minimum atomic E-state index is -0.214. The number of nitrogens with one attached hydrogen (secondary N) is 2. The van der Waals surface area contributed by atoms with E-state index in [0.29, 0.717) is 16.3 Å². The van der Waals surface area contributed by atoms with Crippen molar-refractivity contribution in [3.05, 3.63) is 52.3 Å². The minimum absolute atomic E-state index is 0.214. The van der Waals surface area contributed by atoms with Crippen molar-refractivity contribution < 1.29 is 4.79 Å². The maximum Gasteiger partial charge on any atom is 0.257 e. The van der Waals surface area contributed by atoms with Crippen LogP contribution in [0.3, 0.4) is 0 Å². The molecule has 0 spiro atoms. The second-order valence-corrected chi connectivity index (χ2v) is 6.40. The van der Waals surface area contributed by atoms with E-state index in [1.54, 1.807) is 12.4 Å². The summed E-state index contributed by atoms with van der Waals surface area (Å²) in [5, 5.41) is 6.73. The van der Waals surface area contributed by atoms with Gasteiger partial charge in [0.05, 0.1) is 22.0 Å². The molecule has 2 rings (SSSR count). The van der Waals surface area contributed by atoms with Gasteiger partial charge in [-0.05, 0) is 43.5 Å². The zero-order valence-electron chi connectivity index (χ0n) is 14.4. The Bertz CT molecular complexity index is 693. The normalized spacial score (nSPS) is 10.5. The van der Waals surface area contributed by atoms with Crippen molar-refractivity contribution in [3.8, 4) is 0 Å². The van der Waals surface area contributed by atoms with E-state index in [-0.39, 0.29) is 5.91 Å². The van der Waals surface area contributed by atoms with Gasteiger partial charge in [-0.3, -0.25) is 9.78 Å². The van der Waals surface area contributed by atoms with Gasteiger partial charge in [-0.2, -0.15) is 0 Å². The van der Waals surface area contributed by atoms with Gasteiger partial charge in [0.25, 0.3) is 5.91 Å². The molecule has 128 valence electrons. The van der Waals surface area contributed by atoms with Crippen LogP contribution >= 0.6 is 11.6 Å². The zero-order valence-corrected chi connectivity index (χ0v) is 15.2. The summed E-state index contributed by atoms with van der Waals surface area (Å²) in [5.41, 5.74) is 4.01. The van der Waals surface area contributed by atoms with E-state index in [1.807, 2.05) is 32.0 Å². The number of hydrogen-bond acceptors (Lipinski definition) is 3. The van der Waals surface area contributed by atoms with Gasteiger partial charge in [-0.25, -0.2) is 0 Å². The molecule has 2 aromatic rings. The molecule has 4 nitrogen and oxygen atoms in total. The first-order valence-electron chi connectivity index (χ1n) is 8.28. The summed E-state index contributed by atoms with van der Waals surface area (Å²) >= 11 is 6.25. The standard InChI is InChI=1S/C19H24ClN3O/c1-4-5-6-7-22-16-10-15(11-21-12-16)19(24)23-18-14(3)8-13(2)9-17(18)20/h8-12,22H,4-7H2,1-3H3,(H,23,24). The minimum Gasteiger partial charge on any atom is -0.384 e. The fourth-order valence-electron chi connectivity index (χ4n) is 2.53. The van der Waals surface area contributed by atoms with Crippen molar-refractivity contribution in [1.29, 1.82) is 0 Å². The Morgan fingerprint density at radius 3 is 2.67 bits per heavy atom. The predicted octanol–water partition coefficient (Wildman–Crippen LogP) is 5.21. The fraction of sp³-hybridized carbons (Fsp3) is 0.368. The van der Waals surface area contributed by atoms with Crippen LogP contribution in [-0.2, 0) is 0 Å². The maximum atomic E-state index is 12.5. The van der Waals surface area contributed by atoms with Gasteiger partial charge in [0.1, 0.15) is 0 Å². The number of carbonyl (C=O) groups is 1. The zero-order chi connectivity index (χ0) is 17.5. The molecule has 5 heteroatoms. The summed E-state index contributed by atoms with van der Waals surface area (Å²) in [5.74, 6) is -0.214. The van der Waals surface area contributed by atoms with E-state index in [4.69, 9.17) is 11.6 Å². The smallest absolute Gasteiger partial charge is 0.257 e. The molecule has 0 fully saturated rings. The molecule has 0 bridgehead atoms. The summed E-state index contributed by atoms with van der Waals surface area (Å²) < 4.78 is 0. The Kier molecular flexibility index (Phi) is 6.62. The number of benzene rings is 1. The molecule has 0 atom stereocenters. The average Bonchev–Trinajstić information content (AvgIpc) is 2.55. The predicted molar refractivity (Wildman–Crippen MR) is 101 cm³/mol. The molecule has 1 aromatic carbocycles. The summed E-state index contributed by atoms with van der Waals surface area (Å²) in [6.45, 7) is 6.95. The number of pyridine rings is 1. The highest BCUT2D eigenvalue weighted by atomic mass is 35.5. The van der Waals surface area contributed by atoms with Crippen molar-refractivity contribution in [2.75, 3.05) is 17.2 Å². The van der Waals surface area contributed by atoms with E-state index < -0.39 is 0 Å². The number of hydrogen-bond donors (Lipinski definition) is 2. The van der Waals surface area contributed by atoms with Crippen molar-refractivity contribution >= 4 is 28.9 Å². The number of anilines is 2. The fourth-order valence-corrected chi connectivity index (χ4v) is 2.90. The molecule has 0 aliphatic carbocycles. The lowest BCUT2D eigenvalue weighted by molar-refractivity contribution is 0.102. The molecule has 1 amide bonds. The van der Waals surface area contributed by atoms with Gasteiger partial charge in [0.15, 0.2) is 0 Å². The van der Waals surface area contributed by atoms with Gasteiger partial charge in [-0.15, -0.1) is 0 Å². The highest BCUT2D eigenvalue weighted by Crippen LogP contribution is 2.27. The number of unbranched alkanes of at least 4 members (excludes halogenated alkanes) is 2. The van der Waals surface area contributed by atoms with Crippen LogP contribution < -0.4 is 10.6 Å². The van der Waals surface area contributed by atoms with E-state index in [9.17, 15) is 4.79 Å². The Morgan fingerprint density at radius 1 is 1.17 bits per heavy atom. The molecular formula is C19H24ClN3O. The van der Waals surface area contributed by atoms with Crippen molar-refractivity contribution in [2.24, 2.45) is 0 Å². The summed E-state index contributed by atoms with van der Waals surface area (Å²) in [4.78, 5) is 16.6. The first-order valence-corrected chi connectivity index (χ1v) is 8.66. The average molecular weight is 346 g/mol. The summed E-state index contributed by atoms with van der Waals surface area (Å²) in [6, 6.07) is 5.64. The molecule has 1 aromatic heterocycles. The molecule has 2 N–H and O–H groups in total. The Morgan fingerprint density at radius 2 is 1.96 bits per heavy atom. The van der Waals surface area contributed by atoms with Gasteiger partial charge < -0.3 is 10.6 Å². The SMILES string of the molecule is CCCCCNc1cncc(C(=O)Nc2c(C)cc(C)cc2Cl)c1. The van der Waals surface area contributed by atoms with E-state index >= 15 is 0 Å². The van der Waals surface area contributed by atoms with Crippen molar-refractivity contribution in [3.63, 3.8) is 0 Å². The number of aromatic nitrogens is 1. The first-order chi connectivity index (χ1) is 11.5. The lowest BCUT2D eigenvalue weighted by Crippen LogP contribution is -2.14. The third kappa shape index (κ3) is 4.96. The lowest BCUT2D eigenvalue weighted by atomic mass is 10.1. The monoisotopic (exact) mass is 345 g/mol. The highest BCUT2D eigenvalue weighted by molar-refractivity contribution is 6.34. The molecule has 1 heterocycles. The summed E-state index contributed by atoms with van der Waals surface area (Å²) in [6.07, 6.45) is 6.76. The third-order valence-electron chi connectivity index (χ3n) is 3.78. The number of rotatable bonds is 7. The topological polar surface area (TPSA) is 54.0 Å². The Hall–Kier alpha value is -2.07. The number of carbonyl (C=O) groups excluding carboxylic acids is 1. The second kappa shape index (κ2) is 8.69. The van der Waals surface area contributed by atoms with Gasteiger partial charge >= 0.3 is 0 Å². The molecule has 0 aliphatic heterocycles. The molecule has 0 saturated heterocycles. The molecule has 0 saturated carbocycles. The molecule has 0 unspecified atom stereocenters. The van der Waals surface area contributed by atoms with Crippen molar-refractivity contribution in [1.82, 2.24) is 4.98 Å². The van der Waals surface area contributed by atoms with Crippen LogP contribution in [-0.4, -0.2) is 17.4 Å². The van der Waals surface area contributed by atoms with Crippen LogP contribution in [0, 0.1) is 13.8 Å². The number of halogens is 1. The van der Waals surface area contributed by atoms with Crippen LogP contribution in [0.5, 0.6) is 0 Å². The first kappa shape index (κ1) is 18.3. The number of aryl methyl sites for hydroxylation is 2. The second-order valence-electron chi connectivity index (χ2n) is 5.99. The van der Waals surface area contributed by atoms with Crippen LogP contribution in [0.4, 0.5) is 11.4 Å². The molecule has 0 aliphatic rings. The third-order valence-corrected chi connectivity index (χ3v) is 4.08. The molecule has 24 heavy (non-hydrogen) atoms. The van der Waals surface area contributed by atoms with Crippen molar-refractivity contribution in [2.45, 2.75) is 40.0 Å². The number of nitrogens with zero attached hydrogens (tertiary/aromatic N) is 1. The highest BCUT2D eigenvalue weighted by Gasteiger charge is 2.12. The van der Waals surface area contributed by atoms with E-state index in [0.717, 1.165) is 29.8 Å². The quantitative estimate of drug-likeness (QED) is 0.677. The Balaban J connectivity index is 2.07. The Labute approximate surface area is 148 Å². The maximum absolute atomic E-state index is 12.5. The molecular weight excluding hydrogens is 322 g/mol. The summed E-state index contributed by atoms with van der Waals surface area (Å²) in [7, 11) is 0. The van der Waals surface area contributed by atoms with E-state index in [2.05, 4.69) is 22.5 Å². The largest absolute Gasteiger partial charge is 0.384 e. The van der Waals surface area contributed by atoms with Crippen LogP contribution in [0.1, 0.15) is 47.7 Å². The number of amides is 1. The van der Waals surface area contributed by atoms with Gasteiger partial charge in [-0.1, -0.05) is 37.4 Å². The van der Waals surface area contributed by atoms with Gasteiger partial charge in [0, 0.05) is 18.9 Å². The van der Waals surface area contributed by atoms with E-state index in [1.165, 1.54) is 12.8 Å². The molecule has 0 radical (unpaired) electrons. The van der Waals surface area contributed by atoms with Crippen LogP contribution in [0.15, 0.2) is 30.6 Å². The van der Waals surface area contributed by atoms with Gasteiger partial charge in [0.2, 0.25) is 0 Å². The lowest BCUT2D eigenvalue weighted by Gasteiger charge is -2.12. The van der Waals surface area contributed by atoms with Crippen LogP contribution in [0.2, 0.25) is 5.02 Å².